The van der Waals surface area contributed by atoms with Gasteiger partial charge in [0.1, 0.15) is 0 Å². The quantitative estimate of drug-likeness (QED) is 0.855. The fraction of sp³-hybridized carbons (Fsp3) is 0.625. The molecule has 0 amide bonds. The highest BCUT2D eigenvalue weighted by atomic mass is 15.2. The van der Waals surface area contributed by atoms with Gasteiger partial charge in [-0.3, -0.25) is 0 Å². The lowest BCUT2D eigenvalue weighted by Gasteiger charge is -2.45. The van der Waals surface area contributed by atoms with Crippen LogP contribution in [0.1, 0.15) is 25.7 Å². The van der Waals surface area contributed by atoms with E-state index in [1.54, 1.807) is 0 Å². The summed E-state index contributed by atoms with van der Waals surface area (Å²) in [4.78, 5) is 2.55. The van der Waals surface area contributed by atoms with Gasteiger partial charge < -0.3 is 15.5 Å². The molecule has 0 radical (unpaired) electrons. The minimum atomic E-state index is 0.587. The molecule has 0 saturated carbocycles. The predicted octanol–water partition coefficient (Wildman–Crippen LogP) is 2.70. The van der Waals surface area contributed by atoms with Gasteiger partial charge in [0.2, 0.25) is 0 Å². The third-order valence-electron chi connectivity index (χ3n) is 4.90. The molecule has 2 fully saturated rings. The van der Waals surface area contributed by atoms with Crippen LogP contribution in [-0.4, -0.2) is 33.2 Å². The zero-order chi connectivity index (χ0) is 13.1. The second kappa shape index (κ2) is 5.41. The van der Waals surface area contributed by atoms with Crippen LogP contribution in [0.5, 0.6) is 0 Å². The molecule has 0 aromatic heterocycles. The van der Waals surface area contributed by atoms with Crippen molar-refractivity contribution in [3.63, 3.8) is 0 Å². The monoisotopic (exact) mass is 259 g/mol. The number of hydrogen-bond donors (Lipinski definition) is 2. The maximum absolute atomic E-state index is 3.59. The smallest absolute Gasteiger partial charge is 0.0601 e. The first-order chi connectivity index (χ1) is 9.33. The molecule has 0 unspecified atom stereocenters. The van der Waals surface area contributed by atoms with Gasteiger partial charge in [0, 0.05) is 26.7 Å². The van der Waals surface area contributed by atoms with E-state index >= 15 is 0 Å². The molecule has 2 aliphatic heterocycles. The SMILES string of the molecule is CNc1ccccc1N1CCC2(CCCNC2)CC1. The third-order valence-corrected chi connectivity index (χ3v) is 4.90. The molecule has 2 saturated heterocycles. The van der Waals surface area contributed by atoms with Gasteiger partial charge in [-0.1, -0.05) is 12.1 Å². The van der Waals surface area contributed by atoms with Gasteiger partial charge in [0.15, 0.2) is 0 Å². The second-order valence-corrected chi connectivity index (χ2v) is 6.03. The van der Waals surface area contributed by atoms with Crippen molar-refractivity contribution in [1.82, 2.24) is 5.32 Å². The Hall–Kier alpha value is -1.22. The molecule has 0 aliphatic carbocycles. The predicted molar refractivity (Wildman–Crippen MR) is 82.0 cm³/mol. The van der Waals surface area contributed by atoms with Gasteiger partial charge in [0.25, 0.3) is 0 Å². The maximum Gasteiger partial charge on any atom is 0.0601 e. The first-order valence-electron chi connectivity index (χ1n) is 7.55. The van der Waals surface area contributed by atoms with Gasteiger partial charge in [-0.2, -0.15) is 0 Å². The van der Waals surface area contributed by atoms with Crippen molar-refractivity contribution in [2.24, 2.45) is 5.41 Å². The molecule has 2 aliphatic rings. The molecule has 0 atom stereocenters. The van der Waals surface area contributed by atoms with E-state index in [0.717, 1.165) is 0 Å². The molecule has 1 spiro atoms. The number of anilines is 2. The first kappa shape index (κ1) is 12.8. The Labute approximate surface area is 116 Å². The van der Waals surface area contributed by atoms with E-state index in [-0.39, 0.29) is 0 Å². The number of nitrogens with one attached hydrogen (secondary N) is 2. The Balaban J connectivity index is 1.69. The van der Waals surface area contributed by atoms with Gasteiger partial charge in [0.05, 0.1) is 11.4 Å². The largest absolute Gasteiger partial charge is 0.386 e. The van der Waals surface area contributed by atoms with Crippen LogP contribution in [0, 0.1) is 5.41 Å². The van der Waals surface area contributed by atoms with Crippen LogP contribution in [-0.2, 0) is 0 Å². The van der Waals surface area contributed by atoms with Crippen LogP contribution >= 0.6 is 0 Å². The van der Waals surface area contributed by atoms with Crippen molar-refractivity contribution in [2.45, 2.75) is 25.7 Å². The van der Waals surface area contributed by atoms with Gasteiger partial charge in [-0.05, 0) is 49.8 Å². The Bertz CT molecular complexity index is 414. The van der Waals surface area contributed by atoms with Crippen molar-refractivity contribution in [1.29, 1.82) is 0 Å². The molecular weight excluding hydrogens is 234 g/mol. The molecule has 104 valence electrons. The van der Waals surface area contributed by atoms with Gasteiger partial charge in [-0.15, -0.1) is 0 Å². The minimum Gasteiger partial charge on any atom is -0.386 e. The highest BCUT2D eigenvalue weighted by molar-refractivity contribution is 5.69. The van der Waals surface area contributed by atoms with E-state index in [1.165, 1.54) is 63.2 Å². The van der Waals surface area contributed by atoms with E-state index in [4.69, 9.17) is 0 Å². The standard InChI is InChI=1S/C16H25N3/c1-17-14-5-2-3-6-15(14)19-11-8-16(9-12-19)7-4-10-18-13-16/h2-3,5-6,17-18H,4,7-13H2,1H3. The lowest BCUT2D eigenvalue weighted by molar-refractivity contribution is 0.161. The maximum atomic E-state index is 3.59. The zero-order valence-corrected chi connectivity index (χ0v) is 11.9. The minimum absolute atomic E-state index is 0.587. The third kappa shape index (κ3) is 2.57. The fourth-order valence-corrected chi connectivity index (χ4v) is 3.64. The lowest BCUT2D eigenvalue weighted by Crippen LogP contribution is -2.48. The van der Waals surface area contributed by atoms with Crippen LogP contribution in [0.3, 0.4) is 0 Å². The highest BCUT2D eigenvalue weighted by Gasteiger charge is 2.35. The van der Waals surface area contributed by atoms with Crippen LogP contribution in [0.4, 0.5) is 11.4 Å². The lowest BCUT2D eigenvalue weighted by atomic mass is 9.73. The van der Waals surface area contributed by atoms with E-state index in [1.807, 2.05) is 7.05 Å². The average molecular weight is 259 g/mol. The number of rotatable bonds is 2. The molecule has 3 nitrogen and oxygen atoms in total. The molecule has 2 heterocycles. The fourth-order valence-electron chi connectivity index (χ4n) is 3.64. The molecule has 3 rings (SSSR count). The molecular formula is C16H25N3. The number of nitrogens with zero attached hydrogens (tertiary/aromatic N) is 1. The topological polar surface area (TPSA) is 27.3 Å². The second-order valence-electron chi connectivity index (χ2n) is 6.03. The zero-order valence-electron chi connectivity index (χ0n) is 11.9. The normalized spacial score (nSPS) is 22.5. The number of para-hydroxylation sites is 2. The Morgan fingerprint density at radius 3 is 2.63 bits per heavy atom. The number of benzene rings is 1. The van der Waals surface area contributed by atoms with E-state index < -0.39 is 0 Å². The van der Waals surface area contributed by atoms with Crippen LogP contribution in [0.15, 0.2) is 24.3 Å². The summed E-state index contributed by atoms with van der Waals surface area (Å²) >= 11 is 0. The average Bonchev–Trinajstić information content (AvgIpc) is 2.49. The van der Waals surface area contributed by atoms with Gasteiger partial charge >= 0.3 is 0 Å². The van der Waals surface area contributed by atoms with Crippen molar-refractivity contribution < 1.29 is 0 Å². The summed E-state index contributed by atoms with van der Waals surface area (Å²) in [5, 5.41) is 6.90. The van der Waals surface area contributed by atoms with E-state index in [9.17, 15) is 0 Å². The van der Waals surface area contributed by atoms with Crippen molar-refractivity contribution in [3.05, 3.63) is 24.3 Å². The molecule has 1 aromatic carbocycles. The number of piperidine rings is 2. The highest BCUT2D eigenvalue weighted by Crippen LogP contribution is 2.39. The van der Waals surface area contributed by atoms with Crippen LogP contribution in [0.2, 0.25) is 0 Å². The summed E-state index contributed by atoms with van der Waals surface area (Å²) in [6.07, 6.45) is 5.44. The molecule has 1 aromatic rings. The number of hydrogen-bond acceptors (Lipinski definition) is 3. The summed E-state index contributed by atoms with van der Waals surface area (Å²) in [6, 6.07) is 8.65. The first-order valence-corrected chi connectivity index (χ1v) is 7.55. The van der Waals surface area contributed by atoms with Crippen molar-refractivity contribution in [2.75, 3.05) is 43.4 Å². The molecule has 19 heavy (non-hydrogen) atoms. The molecule has 2 N–H and O–H groups in total. The molecule has 3 heteroatoms. The molecule has 0 bridgehead atoms. The summed E-state index contributed by atoms with van der Waals surface area (Å²) in [7, 11) is 2.01. The van der Waals surface area contributed by atoms with E-state index in [2.05, 4.69) is 39.8 Å². The van der Waals surface area contributed by atoms with E-state index in [0.29, 0.717) is 5.41 Å². The van der Waals surface area contributed by atoms with Crippen molar-refractivity contribution in [3.8, 4) is 0 Å². The van der Waals surface area contributed by atoms with Gasteiger partial charge in [-0.25, -0.2) is 0 Å². The summed E-state index contributed by atoms with van der Waals surface area (Å²) < 4.78 is 0. The summed E-state index contributed by atoms with van der Waals surface area (Å²) in [5.74, 6) is 0. The summed E-state index contributed by atoms with van der Waals surface area (Å²) in [6.45, 7) is 4.84. The summed E-state index contributed by atoms with van der Waals surface area (Å²) in [5.41, 5.74) is 3.20. The van der Waals surface area contributed by atoms with Crippen molar-refractivity contribution >= 4 is 11.4 Å². The Kier molecular flexibility index (Phi) is 3.65. The van der Waals surface area contributed by atoms with Crippen LogP contribution < -0.4 is 15.5 Å². The Morgan fingerprint density at radius 1 is 1.16 bits per heavy atom. The Morgan fingerprint density at radius 2 is 1.95 bits per heavy atom. The van der Waals surface area contributed by atoms with Crippen LogP contribution in [0.25, 0.3) is 0 Å².